The first-order valence-corrected chi connectivity index (χ1v) is 7.41. The highest BCUT2D eigenvalue weighted by Crippen LogP contribution is 2.33. The Bertz CT molecular complexity index is 322. The van der Waals surface area contributed by atoms with E-state index in [0.717, 1.165) is 24.3 Å². The van der Waals surface area contributed by atoms with Gasteiger partial charge >= 0.3 is 0 Å². The van der Waals surface area contributed by atoms with Crippen molar-refractivity contribution in [3.05, 3.63) is 21.4 Å². The summed E-state index contributed by atoms with van der Waals surface area (Å²) in [6, 6.07) is 2.24. The highest BCUT2D eigenvalue weighted by atomic mass is 32.1. The normalized spacial score (nSPS) is 17.5. The van der Waals surface area contributed by atoms with Gasteiger partial charge in [-0.15, -0.1) is 11.3 Å². The molecular weight excluding hydrogens is 232 g/mol. The Morgan fingerprint density at radius 2 is 2.18 bits per heavy atom. The number of hydrogen-bond acceptors (Lipinski definition) is 3. The van der Waals surface area contributed by atoms with Crippen LogP contribution in [0.3, 0.4) is 0 Å². The third-order valence-electron chi connectivity index (χ3n) is 3.42. The number of ether oxygens (including phenoxy) is 1. The maximum atomic E-state index is 10.1. The van der Waals surface area contributed by atoms with Crippen LogP contribution in [0.5, 0.6) is 0 Å². The molecule has 1 heterocycles. The molecule has 1 aromatic rings. The lowest BCUT2D eigenvalue weighted by atomic mass is 10.1. The standard InChI is InChI=1S/C14H22O2S/c1-16-9-5-7-12(15)14-10-11-6-3-2-4-8-13(11)17-14/h10,12,15H,2-9H2,1H3. The van der Waals surface area contributed by atoms with Crippen LogP contribution in [0.15, 0.2) is 6.07 Å². The summed E-state index contributed by atoms with van der Waals surface area (Å²) in [5, 5.41) is 10.1. The molecular formula is C14H22O2S. The van der Waals surface area contributed by atoms with Gasteiger partial charge in [0.2, 0.25) is 0 Å². The number of aliphatic hydroxyl groups excluding tert-OH is 1. The summed E-state index contributed by atoms with van der Waals surface area (Å²) in [5.41, 5.74) is 1.49. The zero-order valence-electron chi connectivity index (χ0n) is 10.6. The molecule has 0 saturated carbocycles. The van der Waals surface area contributed by atoms with Crippen molar-refractivity contribution < 1.29 is 9.84 Å². The van der Waals surface area contributed by atoms with Gasteiger partial charge in [-0.2, -0.15) is 0 Å². The van der Waals surface area contributed by atoms with Gasteiger partial charge in [-0.1, -0.05) is 6.42 Å². The fourth-order valence-electron chi connectivity index (χ4n) is 2.42. The van der Waals surface area contributed by atoms with E-state index in [-0.39, 0.29) is 6.10 Å². The van der Waals surface area contributed by atoms with Gasteiger partial charge in [0.1, 0.15) is 0 Å². The topological polar surface area (TPSA) is 29.5 Å². The Balaban J connectivity index is 1.96. The Hall–Kier alpha value is -0.380. The summed E-state index contributed by atoms with van der Waals surface area (Å²) in [6.07, 6.45) is 7.85. The SMILES string of the molecule is COCCCC(O)c1cc2c(s1)CCCCC2. The number of thiophene rings is 1. The van der Waals surface area contributed by atoms with Crippen molar-refractivity contribution >= 4 is 11.3 Å². The van der Waals surface area contributed by atoms with Crippen molar-refractivity contribution in [3.8, 4) is 0 Å². The van der Waals surface area contributed by atoms with E-state index < -0.39 is 0 Å². The first-order valence-electron chi connectivity index (χ1n) is 6.59. The Labute approximate surface area is 108 Å². The second-order valence-corrected chi connectivity index (χ2v) is 5.98. The predicted molar refractivity (Wildman–Crippen MR) is 71.6 cm³/mol. The average molecular weight is 254 g/mol. The van der Waals surface area contributed by atoms with Gasteiger partial charge in [0.15, 0.2) is 0 Å². The maximum Gasteiger partial charge on any atom is 0.0883 e. The number of methoxy groups -OCH3 is 1. The van der Waals surface area contributed by atoms with Crippen LogP contribution in [0.1, 0.15) is 53.5 Å². The van der Waals surface area contributed by atoms with Gasteiger partial charge < -0.3 is 9.84 Å². The van der Waals surface area contributed by atoms with Crippen molar-refractivity contribution in [3.63, 3.8) is 0 Å². The number of hydrogen-bond donors (Lipinski definition) is 1. The van der Waals surface area contributed by atoms with Gasteiger partial charge in [0.05, 0.1) is 6.10 Å². The number of rotatable bonds is 5. The highest BCUT2D eigenvalue weighted by molar-refractivity contribution is 7.12. The first-order chi connectivity index (χ1) is 8.31. The molecule has 1 N–H and O–H groups in total. The lowest BCUT2D eigenvalue weighted by Crippen LogP contribution is -1.97. The lowest BCUT2D eigenvalue weighted by Gasteiger charge is -2.07. The molecule has 1 aliphatic carbocycles. The van der Waals surface area contributed by atoms with E-state index in [1.54, 1.807) is 7.11 Å². The molecule has 0 radical (unpaired) electrons. The zero-order chi connectivity index (χ0) is 12.1. The van der Waals surface area contributed by atoms with Crippen LogP contribution in [-0.2, 0) is 17.6 Å². The predicted octanol–water partition coefficient (Wildman–Crippen LogP) is 3.48. The van der Waals surface area contributed by atoms with Gasteiger partial charge in [0.25, 0.3) is 0 Å². The molecule has 0 aromatic carbocycles. The minimum absolute atomic E-state index is 0.290. The van der Waals surface area contributed by atoms with Crippen LogP contribution >= 0.6 is 11.3 Å². The molecule has 1 aliphatic rings. The number of fused-ring (bicyclic) bond motifs is 1. The van der Waals surface area contributed by atoms with Gasteiger partial charge in [0, 0.05) is 23.5 Å². The number of aryl methyl sites for hydroxylation is 2. The summed E-state index contributed by atoms with van der Waals surface area (Å²) in [4.78, 5) is 2.68. The van der Waals surface area contributed by atoms with Crippen LogP contribution in [0.25, 0.3) is 0 Å². The molecule has 1 aromatic heterocycles. The van der Waals surface area contributed by atoms with Crippen molar-refractivity contribution in [2.75, 3.05) is 13.7 Å². The average Bonchev–Trinajstić information content (AvgIpc) is 2.61. The largest absolute Gasteiger partial charge is 0.388 e. The van der Waals surface area contributed by atoms with E-state index >= 15 is 0 Å². The van der Waals surface area contributed by atoms with Crippen molar-refractivity contribution in [1.29, 1.82) is 0 Å². The number of aliphatic hydroxyl groups is 1. The van der Waals surface area contributed by atoms with Crippen LogP contribution in [0.4, 0.5) is 0 Å². The highest BCUT2D eigenvalue weighted by Gasteiger charge is 2.16. The second kappa shape index (κ2) is 6.53. The molecule has 0 fully saturated rings. The van der Waals surface area contributed by atoms with Crippen LogP contribution in [0, 0.1) is 0 Å². The van der Waals surface area contributed by atoms with Gasteiger partial charge in [-0.3, -0.25) is 0 Å². The van der Waals surface area contributed by atoms with Crippen LogP contribution < -0.4 is 0 Å². The smallest absolute Gasteiger partial charge is 0.0883 e. The first kappa shape index (κ1) is 13.1. The minimum Gasteiger partial charge on any atom is -0.388 e. The van der Waals surface area contributed by atoms with E-state index in [9.17, 15) is 5.11 Å². The monoisotopic (exact) mass is 254 g/mol. The molecule has 2 nitrogen and oxygen atoms in total. The third kappa shape index (κ3) is 3.54. The van der Waals surface area contributed by atoms with E-state index in [4.69, 9.17) is 4.74 Å². The molecule has 96 valence electrons. The van der Waals surface area contributed by atoms with E-state index in [2.05, 4.69) is 6.07 Å². The molecule has 0 amide bonds. The summed E-state index contributed by atoms with van der Waals surface area (Å²) in [7, 11) is 1.71. The summed E-state index contributed by atoms with van der Waals surface area (Å²) in [5.74, 6) is 0. The minimum atomic E-state index is -0.290. The van der Waals surface area contributed by atoms with E-state index in [0.29, 0.717) is 0 Å². The fourth-order valence-corrected chi connectivity index (χ4v) is 3.70. The molecule has 1 atom stereocenters. The Morgan fingerprint density at radius 3 is 3.00 bits per heavy atom. The molecule has 0 aliphatic heterocycles. The zero-order valence-corrected chi connectivity index (χ0v) is 11.4. The summed E-state index contributed by atoms with van der Waals surface area (Å²) < 4.78 is 5.02. The van der Waals surface area contributed by atoms with Crippen molar-refractivity contribution in [2.24, 2.45) is 0 Å². The van der Waals surface area contributed by atoms with E-state index in [1.165, 1.54) is 42.5 Å². The van der Waals surface area contributed by atoms with Crippen molar-refractivity contribution in [2.45, 2.75) is 51.0 Å². The maximum absolute atomic E-state index is 10.1. The molecule has 3 heteroatoms. The summed E-state index contributed by atoms with van der Waals surface area (Å²) >= 11 is 1.82. The van der Waals surface area contributed by atoms with Crippen LogP contribution in [-0.4, -0.2) is 18.8 Å². The molecule has 0 spiro atoms. The molecule has 17 heavy (non-hydrogen) atoms. The molecule has 0 bridgehead atoms. The summed E-state index contributed by atoms with van der Waals surface area (Å²) in [6.45, 7) is 0.738. The Kier molecular flexibility index (Phi) is 5.01. The van der Waals surface area contributed by atoms with Crippen LogP contribution in [0.2, 0.25) is 0 Å². The van der Waals surface area contributed by atoms with Gasteiger partial charge in [-0.05, 0) is 50.2 Å². The lowest BCUT2D eigenvalue weighted by molar-refractivity contribution is 0.138. The van der Waals surface area contributed by atoms with E-state index in [1.807, 2.05) is 11.3 Å². The van der Waals surface area contributed by atoms with Gasteiger partial charge in [-0.25, -0.2) is 0 Å². The molecule has 1 unspecified atom stereocenters. The second-order valence-electron chi connectivity index (χ2n) is 4.81. The Morgan fingerprint density at radius 1 is 1.35 bits per heavy atom. The quantitative estimate of drug-likeness (QED) is 0.644. The van der Waals surface area contributed by atoms with Crippen molar-refractivity contribution in [1.82, 2.24) is 0 Å². The molecule has 2 rings (SSSR count). The fraction of sp³-hybridized carbons (Fsp3) is 0.714. The third-order valence-corrected chi connectivity index (χ3v) is 4.76. The molecule has 0 saturated heterocycles.